The lowest BCUT2D eigenvalue weighted by Crippen LogP contribution is -2.24. The first kappa shape index (κ1) is 14.7. The van der Waals surface area contributed by atoms with Crippen molar-refractivity contribution in [2.45, 2.75) is 32.6 Å². The van der Waals surface area contributed by atoms with E-state index in [0.29, 0.717) is 30.9 Å². The van der Waals surface area contributed by atoms with Crippen LogP contribution in [0.4, 0.5) is 0 Å². The normalized spacial score (nSPS) is 10.1. The molecule has 0 aliphatic heterocycles. The number of rotatable bonds is 8. The Morgan fingerprint density at radius 1 is 1.39 bits per heavy atom. The number of amides is 1. The summed E-state index contributed by atoms with van der Waals surface area (Å²) in [6.45, 7) is 2.93. The Morgan fingerprint density at radius 3 is 2.89 bits per heavy atom. The van der Waals surface area contributed by atoms with E-state index in [4.69, 9.17) is 4.74 Å². The van der Waals surface area contributed by atoms with E-state index < -0.39 is 0 Å². The van der Waals surface area contributed by atoms with Gasteiger partial charge in [0.25, 0.3) is 5.91 Å². The Bertz CT molecular complexity index is 362. The molecule has 100 valence electrons. The Balaban J connectivity index is 2.02. The first-order valence-corrected chi connectivity index (χ1v) is 7.09. The second-order valence-corrected chi connectivity index (χ2v) is 4.86. The van der Waals surface area contributed by atoms with Crippen LogP contribution in [0.3, 0.4) is 0 Å². The Hall–Kier alpha value is -1.36. The minimum atomic E-state index is -0.151. The molecule has 0 fully saturated rings. The van der Waals surface area contributed by atoms with Crippen LogP contribution in [0.2, 0.25) is 0 Å². The van der Waals surface area contributed by atoms with Crippen molar-refractivity contribution in [3.05, 3.63) is 22.4 Å². The van der Waals surface area contributed by atoms with Crippen LogP contribution in [-0.4, -0.2) is 25.0 Å². The molecule has 0 radical (unpaired) electrons. The van der Waals surface area contributed by atoms with Crippen LogP contribution >= 0.6 is 11.3 Å². The number of hydrogen-bond acceptors (Lipinski definition) is 4. The van der Waals surface area contributed by atoms with Crippen molar-refractivity contribution in [1.29, 1.82) is 0 Å². The molecule has 1 amide bonds. The zero-order valence-electron chi connectivity index (χ0n) is 10.6. The number of nitrogens with one attached hydrogen (secondary N) is 1. The van der Waals surface area contributed by atoms with E-state index in [-0.39, 0.29) is 11.9 Å². The van der Waals surface area contributed by atoms with Crippen molar-refractivity contribution >= 4 is 23.2 Å². The summed E-state index contributed by atoms with van der Waals surface area (Å²) in [7, 11) is 0. The number of carbonyl (C=O) groups excluding carboxylic acids is 2. The highest BCUT2D eigenvalue weighted by Gasteiger charge is 2.05. The maximum Gasteiger partial charge on any atom is 0.305 e. The summed E-state index contributed by atoms with van der Waals surface area (Å²) < 4.78 is 5.03. The molecule has 1 aromatic rings. The molecular weight excluding hydrogens is 250 g/mol. The van der Waals surface area contributed by atoms with Gasteiger partial charge in [-0.15, -0.1) is 11.3 Å². The van der Waals surface area contributed by atoms with Crippen LogP contribution in [0.25, 0.3) is 0 Å². The van der Waals surface area contributed by atoms with Gasteiger partial charge >= 0.3 is 5.97 Å². The van der Waals surface area contributed by atoms with Gasteiger partial charge in [-0.2, -0.15) is 0 Å². The summed E-state index contributed by atoms with van der Waals surface area (Å²) in [5, 5.41) is 4.65. The molecular formula is C13H19NO3S. The van der Waals surface area contributed by atoms with Gasteiger partial charge in [-0.05, 0) is 24.3 Å². The summed E-state index contributed by atoms with van der Waals surface area (Å²) in [6.07, 6.45) is 2.99. The molecule has 0 saturated heterocycles. The molecule has 1 aromatic heterocycles. The highest BCUT2D eigenvalue weighted by atomic mass is 32.1. The smallest absolute Gasteiger partial charge is 0.305 e. The predicted octanol–water partition coefficient (Wildman–Crippen LogP) is 2.60. The molecule has 0 aliphatic carbocycles. The van der Waals surface area contributed by atoms with E-state index in [2.05, 4.69) is 5.32 Å². The molecule has 0 aliphatic rings. The Labute approximate surface area is 111 Å². The maximum atomic E-state index is 11.5. The van der Waals surface area contributed by atoms with Gasteiger partial charge < -0.3 is 10.1 Å². The fraction of sp³-hybridized carbons (Fsp3) is 0.538. The van der Waals surface area contributed by atoms with Crippen molar-refractivity contribution < 1.29 is 14.3 Å². The summed E-state index contributed by atoms with van der Waals surface area (Å²) in [6, 6.07) is 3.62. The molecule has 5 heteroatoms. The molecule has 0 bridgehead atoms. The molecule has 0 unspecified atom stereocenters. The van der Waals surface area contributed by atoms with Crippen LogP contribution in [0.1, 0.15) is 42.3 Å². The van der Waals surface area contributed by atoms with Crippen LogP contribution in [0.5, 0.6) is 0 Å². The average Bonchev–Trinajstić information content (AvgIpc) is 2.89. The molecule has 0 aromatic carbocycles. The van der Waals surface area contributed by atoms with Crippen molar-refractivity contribution in [3.8, 4) is 0 Å². The maximum absolute atomic E-state index is 11.5. The fourth-order valence-electron chi connectivity index (χ4n) is 1.35. The Morgan fingerprint density at radius 2 is 2.22 bits per heavy atom. The quantitative estimate of drug-likeness (QED) is 0.583. The molecule has 1 N–H and O–H groups in total. The van der Waals surface area contributed by atoms with Crippen molar-refractivity contribution in [2.24, 2.45) is 0 Å². The summed E-state index contributed by atoms with van der Waals surface area (Å²) in [5.74, 6) is -0.219. The third-order valence-corrected chi connectivity index (χ3v) is 3.22. The van der Waals surface area contributed by atoms with Gasteiger partial charge in [-0.1, -0.05) is 19.4 Å². The van der Waals surface area contributed by atoms with E-state index in [0.717, 1.165) is 12.8 Å². The van der Waals surface area contributed by atoms with Crippen LogP contribution < -0.4 is 5.32 Å². The highest BCUT2D eigenvalue weighted by Crippen LogP contribution is 2.07. The van der Waals surface area contributed by atoms with Crippen molar-refractivity contribution in [3.63, 3.8) is 0 Å². The van der Waals surface area contributed by atoms with Gasteiger partial charge in [0.15, 0.2) is 0 Å². The summed E-state index contributed by atoms with van der Waals surface area (Å²) in [4.78, 5) is 23.4. The Kier molecular flexibility index (Phi) is 7.10. The second kappa shape index (κ2) is 8.69. The lowest BCUT2D eigenvalue weighted by Gasteiger charge is -2.05. The summed E-state index contributed by atoms with van der Waals surface area (Å²) in [5.41, 5.74) is 0. The van der Waals surface area contributed by atoms with Crippen molar-refractivity contribution in [1.82, 2.24) is 5.32 Å². The van der Waals surface area contributed by atoms with E-state index in [1.807, 2.05) is 18.4 Å². The van der Waals surface area contributed by atoms with Crippen LogP contribution in [0.15, 0.2) is 17.5 Å². The van der Waals surface area contributed by atoms with E-state index in [1.54, 1.807) is 6.07 Å². The fourth-order valence-corrected chi connectivity index (χ4v) is 1.99. The first-order chi connectivity index (χ1) is 8.74. The molecule has 0 saturated carbocycles. The standard InChI is InChI=1S/C13H19NO3S/c1-2-3-7-12(15)17-9-5-8-14-13(16)11-6-4-10-18-11/h4,6,10H,2-3,5,7-9H2,1H3,(H,14,16). The molecule has 0 spiro atoms. The third-order valence-electron chi connectivity index (χ3n) is 2.35. The number of carbonyl (C=O) groups is 2. The molecule has 1 heterocycles. The number of ether oxygens (including phenoxy) is 1. The predicted molar refractivity (Wildman–Crippen MR) is 71.8 cm³/mol. The minimum Gasteiger partial charge on any atom is -0.466 e. The molecule has 0 atom stereocenters. The zero-order valence-corrected chi connectivity index (χ0v) is 11.4. The van der Waals surface area contributed by atoms with Gasteiger partial charge in [0.2, 0.25) is 0 Å². The number of hydrogen-bond donors (Lipinski definition) is 1. The highest BCUT2D eigenvalue weighted by molar-refractivity contribution is 7.12. The van der Waals surface area contributed by atoms with Gasteiger partial charge in [0, 0.05) is 13.0 Å². The largest absolute Gasteiger partial charge is 0.466 e. The number of thiophene rings is 1. The van der Waals surface area contributed by atoms with Crippen LogP contribution in [0, 0.1) is 0 Å². The third kappa shape index (κ3) is 5.82. The molecule has 4 nitrogen and oxygen atoms in total. The number of unbranched alkanes of at least 4 members (excludes halogenated alkanes) is 1. The van der Waals surface area contributed by atoms with Gasteiger partial charge in [0.05, 0.1) is 11.5 Å². The van der Waals surface area contributed by atoms with Gasteiger partial charge in [-0.3, -0.25) is 9.59 Å². The number of esters is 1. The van der Waals surface area contributed by atoms with E-state index >= 15 is 0 Å². The SMILES string of the molecule is CCCCC(=O)OCCCNC(=O)c1cccs1. The lowest BCUT2D eigenvalue weighted by molar-refractivity contribution is -0.143. The minimum absolute atomic E-state index is 0.0673. The first-order valence-electron chi connectivity index (χ1n) is 6.21. The van der Waals surface area contributed by atoms with E-state index in [9.17, 15) is 9.59 Å². The van der Waals surface area contributed by atoms with Crippen LogP contribution in [-0.2, 0) is 9.53 Å². The second-order valence-electron chi connectivity index (χ2n) is 3.91. The van der Waals surface area contributed by atoms with Gasteiger partial charge in [0.1, 0.15) is 0 Å². The van der Waals surface area contributed by atoms with Gasteiger partial charge in [-0.25, -0.2) is 0 Å². The summed E-state index contributed by atoms with van der Waals surface area (Å²) >= 11 is 1.41. The monoisotopic (exact) mass is 269 g/mol. The zero-order chi connectivity index (χ0) is 13.2. The van der Waals surface area contributed by atoms with Crippen molar-refractivity contribution in [2.75, 3.05) is 13.2 Å². The lowest BCUT2D eigenvalue weighted by atomic mass is 10.2. The molecule has 18 heavy (non-hydrogen) atoms. The molecule has 1 rings (SSSR count). The average molecular weight is 269 g/mol. The van der Waals surface area contributed by atoms with E-state index in [1.165, 1.54) is 11.3 Å². The topological polar surface area (TPSA) is 55.4 Å².